The van der Waals surface area contributed by atoms with Crippen LogP contribution in [0, 0.1) is 0 Å². The molecule has 1 aromatic carbocycles. The van der Waals surface area contributed by atoms with Crippen LogP contribution in [-0.4, -0.2) is 34.4 Å². The number of carbonyl (C=O) groups is 2. The number of benzene rings is 1. The molecule has 4 N–H and O–H groups in total. The Kier molecular flexibility index (Phi) is 5.99. The lowest BCUT2D eigenvalue weighted by Gasteiger charge is -2.20. The van der Waals surface area contributed by atoms with Crippen molar-refractivity contribution in [3.63, 3.8) is 0 Å². The summed E-state index contributed by atoms with van der Waals surface area (Å²) in [6.45, 7) is 3.79. The molecule has 2 unspecified atom stereocenters. The molecule has 0 aromatic heterocycles. The molecule has 0 saturated carbocycles. The Labute approximate surface area is 117 Å². The van der Waals surface area contributed by atoms with Gasteiger partial charge in [0.25, 0.3) is 0 Å². The van der Waals surface area contributed by atoms with E-state index in [-0.39, 0.29) is 17.6 Å². The Balaban J connectivity index is 2.46. The molecule has 0 aliphatic heterocycles. The van der Waals surface area contributed by atoms with Crippen LogP contribution in [0.5, 0.6) is 0 Å². The van der Waals surface area contributed by atoms with Crippen LogP contribution in [0.2, 0.25) is 0 Å². The molecule has 0 fully saturated rings. The molecule has 0 saturated heterocycles. The Morgan fingerprint density at radius 3 is 2.30 bits per heavy atom. The van der Waals surface area contributed by atoms with Gasteiger partial charge in [-0.25, -0.2) is 9.59 Å². The number of carboxylic acids is 1. The summed E-state index contributed by atoms with van der Waals surface area (Å²) in [6, 6.07) is 5.62. The lowest BCUT2D eigenvalue weighted by atomic mass is 10.1. The van der Waals surface area contributed by atoms with Crippen molar-refractivity contribution in [2.45, 2.75) is 39.0 Å². The summed E-state index contributed by atoms with van der Waals surface area (Å²) in [7, 11) is 0. The van der Waals surface area contributed by atoms with Crippen molar-refractivity contribution in [2.24, 2.45) is 0 Å². The fourth-order valence-corrected chi connectivity index (χ4v) is 1.73. The first-order chi connectivity index (χ1) is 9.43. The zero-order chi connectivity index (χ0) is 15.1. The van der Waals surface area contributed by atoms with Crippen LogP contribution in [0.1, 0.15) is 36.2 Å². The molecule has 6 nitrogen and oxygen atoms in total. The van der Waals surface area contributed by atoms with Gasteiger partial charge in [0.15, 0.2) is 0 Å². The van der Waals surface area contributed by atoms with Gasteiger partial charge in [-0.05, 0) is 31.0 Å². The topological polar surface area (TPSA) is 98.7 Å². The van der Waals surface area contributed by atoms with Crippen molar-refractivity contribution in [1.82, 2.24) is 10.6 Å². The molecule has 2 atom stereocenters. The standard InChI is InChI=1S/C14H20N2O4/c1-3-12(9(2)17)16-14(20)15-8-10-4-6-11(7-5-10)13(18)19/h4-7,9,12,17H,3,8H2,1-2H3,(H,18,19)(H2,15,16,20). The summed E-state index contributed by atoms with van der Waals surface area (Å²) in [5.74, 6) is -0.982. The summed E-state index contributed by atoms with van der Waals surface area (Å²) in [6.07, 6.45) is 0.0267. The van der Waals surface area contributed by atoms with E-state index in [1.807, 2.05) is 6.92 Å². The predicted molar refractivity (Wildman–Crippen MR) is 74.5 cm³/mol. The van der Waals surface area contributed by atoms with Crippen LogP contribution in [0.15, 0.2) is 24.3 Å². The van der Waals surface area contributed by atoms with Crippen LogP contribution in [0.4, 0.5) is 4.79 Å². The summed E-state index contributed by atoms with van der Waals surface area (Å²) in [5.41, 5.74) is 1.01. The number of amides is 2. The first-order valence-electron chi connectivity index (χ1n) is 6.48. The second-order valence-corrected chi connectivity index (χ2v) is 4.58. The molecule has 0 heterocycles. The quantitative estimate of drug-likeness (QED) is 0.632. The molecule has 0 spiro atoms. The highest BCUT2D eigenvalue weighted by molar-refractivity contribution is 5.87. The number of aliphatic hydroxyl groups is 1. The van der Waals surface area contributed by atoms with Crippen molar-refractivity contribution in [3.05, 3.63) is 35.4 Å². The van der Waals surface area contributed by atoms with Crippen molar-refractivity contribution in [1.29, 1.82) is 0 Å². The highest BCUT2D eigenvalue weighted by Crippen LogP contribution is 2.04. The first-order valence-corrected chi connectivity index (χ1v) is 6.48. The highest BCUT2D eigenvalue weighted by Gasteiger charge is 2.14. The SMILES string of the molecule is CCC(NC(=O)NCc1ccc(C(=O)O)cc1)C(C)O. The van der Waals surface area contributed by atoms with Gasteiger partial charge >= 0.3 is 12.0 Å². The molecule has 0 bridgehead atoms. The van der Waals surface area contributed by atoms with Crippen LogP contribution in [-0.2, 0) is 6.54 Å². The van der Waals surface area contributed by atoms with E-state index in [1.165, 1.54) is 12.1 Å². The van der Waals surface area contributed by atoms with E-state index in [2.05, 4.69) is 10.6 Å². The third-order valence-electron chi connectivity index (χ3n) is 2.99. The average Bonchev–Trinajstić information content (AvgIpc) is 2.42. The molecule has 1 rings (SSSR count). The maximum absolute atomic E-state index is 11.6. The first kappa shape index (κ1) is 16.0. The monoisotopic (exact) mass is 280 g/mol. The molecular weight excluding hydrogens is 260 g/mol. The minimum atomic E-state index is -0.982. The van der Waals surface area contributed by atoms with Crippen molar-refractivity contribution < 1.29 is 19.8 Å². The second-order valence-electron chi connectivity index (χ2n) is 4.58. The van der Waals surface area contributed by atoms with E-state index in [9.17, 15) is 14.7 Å². The van der Waals surface area contributed by atoms with Crippen LogP contribution in [0.25, 0.3) is 0 Å². The van der Waals surface area contributed by atoms with E-state index in [1.54, 1.807) is 19.1 Å². The van der Waals surface area contributed by atoms with Crippen molar-refractivity contribution >= 4 is 12.0 Å². The molecule has 6 heteroatoms. The maximum Gasteiger partial charge on any atom is 0.335 e. The Morgan fingerprint density at radius 1 is 1.25 bits per heavy atom. The zero-order valence-corrected chi connectivity index (χ0v) is 11.6. The summed E-state index contributed by atoms with van der Waals surface area (Å²) >= 11 is 0. The van der Waals surface area contributed by atoms with Gasteiger partial charge in [-0.1, -0.05) is 19.1 Å². The lowest BCUT2D eigenvalue weighted by Crippen LogP contribution is -2.46. The smallest absolute Gasteiger partial charge is 0.335 e. The molecule has 110 valence electrons. The fraction of sp³-hybridized carbons (Fsp3) is 0.429. The van der Waals surface area contributed by atoms with Crippen molar-refractivity contribution in [2.75, 3.05) is 0 Å². The third kappa shape index (κ3) is 4.89. The molecule has 1 aromatic rings. The number of hydrogen-bond donors (Lipinski definition) is 4. The lowest BCUT2D eigenvalue weighted by molar-refractivity contribution is 0.0697. The molecule has 2 amide bonds. The van der Waals surface area contributed by atoms with Crippen molar-refractivity contribution in [3.8, 4) is 0 Å². The predicted octanol–water partition coefficient (Wildman–Crippen LogP) is 1.34. The zero-order valence-electron chi connectivity index (χ0n) is 11.6. The summed E-state index contributed by atoms with van der Waals surface area (Å²) in [5, 5.41) is 23.5. The van der Waals surface area contributed by atoms with E-state index < -0.39 is 12.1 Å². The fourth-order valence-electron chi connectivity index (χ4n) is 1.73. The van der Waals surface area contributed by atoms with Gasteiger partial charge in [0.05, 0.1) is 17.7 Å². The number of carboxylic acid groups (broad SMARTS) is 1. The van der Waals surface area contributed by atoms with Crippen LogP contribution >= 0.6 is 0 Å². The number of nitrogens with one attached hydrogen (secondary N) is 2. The Bertz CT molecular complexity index is 457. The molecule has 0 aliphatic carbocycles. The summed E-state index contributed by atoms with van der Waals surface area (Å²) < 4.78 is 0. The Morgan fingerprint density at radius 2 is 1.85 bits per heavy atom. The van der Waals surface area contributed by atoms with Crippen LogP contribution in [0.3, 0.4) is 0 Å². The molecule has 0 aliphatic rings. The number of carbonyl (C=O) groups excluding carboxylic acids is 1. The summed E-state index contributed by atoms with van der Waals surface area (Å²) in [4.78, 5) is 22.3. The van der Waals surface area contributed by atoms with Gasteiger partial charge in [0, 0.05) is 6.54 Å². The molecule has 0 radical (unpaired) electrons. The maximum atomic E-state index is 11.6. The number of urea groups is 1. The van der Waals surface area contributed by atoms with Gasteiger partial charge in [-0.2, -0.15) is 0 Å². The van der Waals surface area contributed by atoms with Crippen LogP contribution < -0.4 is 10.6 Å². The van der Waals surface area contributed by atoms with Gasteiger partial charge < -0.3 is 20.8 Å². The highest BCUT2D eigenvalue weighted by atomic mass is 16.4. The third-order valence-corrected chi connectivity index (χ3v) is 2.99. The number of aromatic carboxylic acids is 1. The number of rotatable bonds is 6. The largest absolute Gasteiger partial charge is 0.478 e. The minimum absolute atomic E-state index is 0.207. The molecule has 20 heavy (non-hydrogen) atoms. The van der Waals surface area contributed by atoms with Gasteiger partial charge in [0.2, 0.25) is 0 Å². The van der Waals surface area contributed by atoms with Gasteiger partial charge in [-0.3, -0.25) is 0 Å². The Hall–Kier alpha value is -2.08. The molecular formula is C14H20N2O4. The van der Waals surface area contributed by atoms with Gasteiger partial charge in [-0.15, -0.1) is 0 Å². The van der Waals surface area contributed by atoms with Gasteiger partial charge in [0.1, 0.15) is 0 Å². The number of hydrogen-bond acceptors (Lipinski definition) is 3. The van der Waals surface area contributed by atoms with E-state index in [4.69, 9.17) is 5.11 Å². The van der Waals surface area contributed by atoms with E-state index in [0.29, 0.717) is 13.0 Å². The minimum Gasteiger partial charge on any atom is -0.478 e. The van der Waals surface area contributed by atoms with E-state index in [0.717, 1.165) is 5.56 Å². The average molecular weight is 280 g/mol. The number of aliphatic hydroxyl groups excluding tert-OH is 1. The van der Waals surface area contributed by atoms with E-state index >= 15 is 0 Å². The normalized spacial score (nSPS) is 13.3. The second kappa shape index (κ2) is 7.49.